The Hall–Kier alpha value is -4.44. The van der Waals surface area contributed by atoms with E-state index in [1.54, 1.807) is 18.2 Å². The molecule has 0 aromatic heterocycles. The van der Waals surface area contributed by atoms with Gasteiger partial charge in [-0.1, -0.05) is 66.2 Å². The summed E-state index contributed by atoms with van der Waals surface area (Å²) >= 11 is 6.11. The lowest BCUT2D eigenvalue weighted by molar-refractivity contribution is -0.110. The standard InChI is InChI=1S/C13H9ClO3S.C10H6O2.2N3/c14-11-5-6-12(18(15,16)17)13-9-4-2-1-3-8(9)7-10(11)13;11-9-6-5-7-3-1-2-4-8(7)10(9)12;2*1-3-2/h1-6H,7H2,(H,15,16,17);1-6H;;/q;;2*-1. The van der Waals surface area contributed by atoms with Crippen molar-refractivity contribution < 1.29 is 22.6 Å². The van der Waals surface area contributed by atoms with Crippen LogP contribution < -0.4 is 0 Å². The molecule has 0 unspecified atom stereocenters. The van der Waals surface area contributed by atoms with E-state index in [1.807, 2.05) is 36.4 Å². The average Bonchev–Trinajstić information content (AvgIpc) is 3.23. The number of nitrogens with zero attached hydrogens (tertiary/aromatic N) is 6. The number of hydrogen-bond acceptors (Lipinski definition) is 4. The molecule has 182 valence electrons. The molecule has 0 spiro atoms. The van der Waals surface area contributed by atoms with E-state index in [0.717, 1.165) is 22.3 Å². The first kappa shape index (κ1) is 27.8. The molecule has 2 aliphatic carbocycles. The van der Waals surface area contributed by atoms with Crippen molar-refractivity contribution in [3.05, 3.63) is 126 Å². The molecular weight excluding hydrogens is 508 g/mol. The minimum absolute atomic E-state index is 0.0770. The predicted molar refractivity (Wildman–Crippen MR) is 134 cm³/mol. The van der Waals surface area contributed by atoms with E-state index in [9.17, 15) is 22.6 Å². The Balaban J connectivity index is 0.000000219. The lowest BCUT2D eigenvalue weighted by Gasteiger charge is -2.08. The molecule has 5 rings (SSSR count). The van der Waals surface area contributed by atoms with Crippen molar-refractivity contribution in [1.82, 2.24) is 0 Å². The topological polar surface area (TPSA) is 206 Å². The van der Waals surface area contributed by atoms with Gasteiger partial charge in [0, 0.05) is 22.6 Å². The highest BCUT2D eigenvalue weighted by molar-refractivity contribution is 7.86. The maximum atomic E-state index is 11.4. The number of benzene rings is 3. The third-order valence-corrected chi connectivity index (χ3v) is 6.24. The number of fused-ring (bicyclic) bond motifs is 4. The van der Waals surface area contributed by atoms with Crippen molar-refractivity contribution in [1.29, 1.82) is 0 Å². The highest BCUT2D eigenvalue weighted by Gasteiger charge is 2.28. The largest absolute Gasteiger partial charge is 0.373 e. The fourth-order valence-electron chi connectivity index (χ4n) is 3.62. The zero-order valence-electron chi connectivity index (χ0n) is 18.2. The van der Waals surface area contributed by atoms with E-state index in [4.69, 9.17) is 33.7 Å². The van der Waals surface area contributed by atoms with Crippen LogP contribution in [-0.4, -0.2) is 24.5 Å². The monoisotopic (exact) mass is 522 g/mol. The van der Waals surface area contributed by atoms with E-state index < -0.39 is 21.7 Å². The maximum absolute atomic E-state index is 11.4. The van der Waals surface area contributed by atoms with Crippen LogP contribution in [0.15, 0.2) is 71.6 Å². The Morgan fingerprint density at radius 2 is 1.36 bits per heavy atom. The number of halogens is 1. The third kappa shape index (κ3) is 6.36. The molecule has 0 fully saturated rings. The number of ketones is 2. The SMILES string of the molecule is O=C1C=Cc2ccccc2C1=O.O=S(=O)(O)c1ccc(Cl)c2c1-c1ccccc1C2.[N-]=[N+]=[N-].[N-]=[N+]=[N-]. The molecule has 2 aliphatic rings. The van der Waals surface area contributed by atoms with Crippen LogP contribution >= 0.6 is 11.6 Å². The molecule has 0 amide bonds. The number of rotatable bonds is 1. The lowest BCUT2D eigenvalue weighted by Crippen LogP contribution is -2.15. The van der Waals surface area contributed by atoms with Crippen LogP contribution in [0.5, 0.6) is 0 Å². The second-order valence-corrected chi connectivity index (χ2v) is 8.80. The quantitative estimate of drug-likeness (QED) is 0.0991. The molecule has 36 heavy (non-hydrogen) atoms. The smallest absolute Gasteiger partial charge is 0.295 e. The second-order valence-electron chi connectivity index (χ2n) is 7.00. The fraction of sp³-hybridized carbons (Fsp3) is 0.0435. The Kier molecular flexibility index (Phi) is 9.51. The van der Waals surface area contributed by atoms with Gasteiger partial charge in [0.05, 0.1) is 0 Å². The molecule has 0 aliphatic heterocycles. The first-order valence-electron chi connectivity index (χ1n) is 9.80. The maximum Gasteiger partial charge on any atom is 0.295 e. The van der Waals surface area contributed by atoms with E-state index in [-0.39, 0.29) is 4.90 Å². The average molecular weight is 523 g/mol. The second kappa shape index (κ2) is 12.3. The number of allylic oxidation sites excluding steroid dienone is 1. The summed E-state index contributed by atoms with van der Waals surface area (Å²) in [7, 11) is -4.25. The number of hydrogen-bond donors (Lipinski definition) is 1. The van der Waals surface area contributed by atoms with Crippen molar-refractivity contribution in [2.45, 2.75) is 11.3 Å². The van der Waals surface area contributed by atoms with Crippen LogP contribution in [0.1, 0.15) is 27.0 Å². The van der Waals surface area contributed by atoms with Gasteiger partial charge in [0.1, 0.15) is 4.90 Å². The molecule has 1 N–H and O–H groups in total. The van der Waals surface area contributed by atoms with Crippen molar-refractivity contribution in [2.75, 3.05) is 0 Å². The highest BCUT2D eigenvalue weighted by atomic mass is 35.5. The van der Waals surface area contributed by atoms with Gasteiger partial charge in [-0.2, -0.15) is 8.42 Å². The zero-order chi connectivity index (χ0) is 26.9. The van der Waals surface area contributed by atoms with Crippen LogP contribution in [0, 0.1) is 0 Å². The molecule has 0 bridgehead atoms. The Morgan fingerprint density at radius 1 is 0.806 bits per heavy atom. The highest BCUT2D eigenvalue weighted by Crippen LogP contribution is 2.43. The molecule has 0 atom stereocenters. The first-order valence-corrected chi connectivity index (χ1v) is 11.6. The summed E-state index contributed by atoms with van der Waals surface area (Å²) in [5.74, 6) is -0.846. The van der Waals surface area contributed by atoms with E-state index in [0.29, 0.717) is 22.6 Å². The van der Waals surface area contributed by atoms with E-state index in [1.165, 1.54) is 28.0 Å². The van der Waals surface area contributed by atoms with Gasteiger partial charge < -0.3 is 22.1 Å². The summed E-state index contributed by atoms with van der Waals surface area (Å²) in [6.45, 7) is 0. The van der Waals surface area contributed by atoms with Gasteiger partial charge in [-0.05, 0) is 40.5 Å². The molecule has 0 heterocycles. The predicted octanol–water partition coefficient (Wildman–Crippen LogP) is 6.36. The van der Waals surface area contributed by atoms with Gasteiger partial charge in [0.15, 0.2) is 0 Å². The molecule has 11 nitrogen and oxygen atoms in total. The molecular formula is C23H15ClN6O5S-2. The fourth-order valence-corrected chi connectivity index (χ4v) is 4.57. The number of Topliss-reactive ketones (excluding diaryl/α,β-unsaturated/α-hetero) is 1. The lowest BCUT2D eigenvalue weighted by atomic mass is 9.96. The van der Waals surface area contributed by atoms with Crippen LogP contribution in [0.25, 0.3) is 49.2 Å². The van der Waals surface area contributed by atoms with Crippen molar-refractivity contribution in [3.8, 4) is 11.1 Å². The van der Waals surface area contributed by atoms with Crippen LogP contribution in [0.4, 0.5) is 0 Å². The summed E-state index contributed by atoms with van der Waals surface area (Å²) in [6.07, 6.45) is 3.57. The zero-order valence-corrected chi connectivity index (χ0v) is 19.8. The van der Waals surface area contributed by atoms with E-state index >= 15 is 0 Å². The Labute approximate surface area is 210 Å². The molecule has 13 heteroatoms. The van der Waals surface area contributed by atoms with Crippen LogP contribution in [0.2, 0.25) is 5.02 Å². The van der Waals surface area contributed by atoms with Crippen LogP contribution in [0.3, 0.4) is 0 Å². The third-order valence-electron chi connectivity index (χ3n) is 4.99. The Bertz CT molecular complexity index is 1530. The first-order chi connectivity index (χ1) is 17.1. The summed E-state index contributed by atoms with van der Waals surface area (Å²) < 4.78 is 32.2. The number of carbonyl (C=O) groups excluding carboxylic acids is 2. The van der Waals surface area contributed by atoms with Gasteiger partial charge in [-0.3, -0.25) is 24.0 Å². The minimum Gasteiger partial charge on any atom is -0.373 e. The molecule has 3 aromatic rings. The molecule has 0 saturated heterocycles. The van der Waals surface area contributed by atoms with Crippen molar-refractivity contribution >= 4 is 39.4 Å². The minimum atomic E-state index is -4.25. The summed E-state index contributed by atoms with van der Waals surface area (Å²) in [6, 6.07) is 17.4. The molecule has 3 aromatic carbocycles. The van der Waals surface area contributed by atoms with E-state index in [2.05, 4.69) is 0 Å². The van der Waals surface area contributed by atoms with Gasteiger partial charge in [0.2, 0.25) is 11.6 Å². The van der Waals surface area contributed by atoms with Gasteiger partial charge in [0.25, 0.3) is 10.1 Å². The summed E-state index contributed by atoms with van der Waals surface area (Å²) in [5, 5.41) is 0.522. The van der Waals surface area contributed by atoms with Gasteiger partial charge >= 0.3 is 0 Å². The Morgan fingerprint density at radius 3 is 1.97 bits per heavy atom. The van der Waals surface area contributed by atoms with Crippen LogP contribution in [-0.2, 0) is 21.3 Å². The molecule has 0 saturated carbocycles. The summed E-state index contributed by atoms with van der Waals surface area (Å²) in [4.78, 5) is 25.1. The molecule has 0 radical (unpaired) electrons. The number of carbonyl (C=O) groups is 2. The van der Waals surface area contributed by atoms with Gasteiger partial charge in [-0.25, -0.2) is 0 Å². The van der Waals surface area contributed by atoms with Crippen molar-refractivity contribution in [3.63, 3.8) is 0 Å². The van der Waals surface area contributed by atoms with Crippen molar-refractivity contribution in [2.24, 2.45) is 0 Å². The normalized spacial score (nSPS) is 11.9. The van der Waals surface area contributed by atoms with Gasteiger partial charge in [-0.15, -0.1) is 0 Å². The summed E-state index contributed by atoms with van der Waals surface area (Å²) in [5.41, 5.74) is 31.5.